The van der Waals surface area contributed by atoms with Crippen molar-refractivity contribution < 1.29 is 14.3 Å². The number of anilines is 2. The maximum atomic E-state index is 13.0. The van der Waals surface area contributed by atoms with Crippen molar-refractivity contribution in [2.24, 2.45) is 5.92 Å². The van der Waals surface area contributed by atoms with E-state index < -0.39 is 0 Å². The van der Waals surface area contributed by atoms with Gasteiger partial charge in [-0.1, -0.05) is 6.07 Å². The van der Waals surface area contributed by atoms with Gasteiger partial charge in [0.25, 0.3) is 0 Å². The number of carbonyl (C=O) groups excluding carboxylic acids is 2. The summed E-state index contributed by atoms with van der Waals surface area (Å²) >= 11 is 0. The first kappa shape index (κ1) is 18.3. The minimum Gasteiger partial charge on any atom is -0.497 e. The Bertz CT molecular complexity index is 832. The molecule has 2 saturated heterocycles. The van der Waals surface area contributed by atoms with Gasteiger partial charge in [-0.25, -0.2) is 4.98 Å². The summed E-state index contributed by atoms with van der Waals surface area (Å²) in [5.41, 5.74) is 0.807. The van der Waals surface area contributed by atoms with Crippen molar-refractivity contribution >= 4 is 23.3 Å². The zero-order valence-electron chi connectivity index (χ0n) is 16.0. The Morgan fingerprint density at radius 3 is 2.46 bits per heavy atom. The molecular formula is C21H24N4O3. The number of hydrogen-bond acceptors (Lipinski definition) is 5. The fourth-order valence-electron chi connectivity index (χ4n) is 3.84. The molecule has 7 nitrogen and oxygen atoms in total. The normalized spacial score (nSPS) is 19.8. The van der Waals surface area contributed by atoms with E-state index in [0.29, 0.717) is 19.6 Å². The first-order chi connectivity index (χ1) is 13.7. The van der Waals surface area contributed by atoms with E-state index in [4.69, 9.17) is 4.74 Å². The number of hydrogen-bond donors (Lipinski definition) is 0. The van der Waals surface area contributed by atoms with Crippen molar-refractivity contribution in [2.75, 3.05) is 49.6 Å². The number of carbonyl (C=O) groups is 2. The highest BCUT2D eigenvalue weighted by Crippen LogP contribution is 2.28. The first-order valence-corrected chi connectivity index (χ1v) is 9.55. The summed E-state index contributed by atoms with van der Waals surface area (Å²) in [6, 6.07) is 13.2. The van der Waals surface area contributed by atoms with Gasteiger partial charge in [0.1, 0.15) is 11.6 Å². The molecule has 1 aromatic heterocycles. The van der Waals surface area contributed by atoms with Crippen LogP contribution in [0.2, 0.25) is 0 Å². The van der Waals surface area contributed by atoms with E-state index in [1.54, 1.807) is 18.2 Å². The van der Waals surface area contributed by atoms with Gasteiger partial charge in [0, 0.05) is 51.0 Å². The largest absolute Gasteiger partial charge is 0.497 e. The fraction of sp³-hybridized carbons (Fsp3) is 0.381. The molecule has 4 rings (SSSR count). The van der Waals surface area contributed by atoms with E-state index >= 15 is 0 Å². The standard InChI is InChI=1S/C21H24N4O3/c1-28-18-7-5-17(6-8-18)25-15-16(14-20(25)26)21(27)24-12-10-23(11-13-24)19-4-2-3-9-22-19/h2-9,16H,10-15H2,1H3/t16-/m0/s1. The second kappa shape index (κ2) is 7.88. The lowest BCUT2D eigenvalue weighted by molar-refractivity contribution is -0.136. The fourth-order valence-corrected chi connectivity index (χ4v) is 3.84. The van der Waals surface area contributed by atoms with E-state index in [9.17, 15) is 9.59 Å². The molecule has 2 aliphatic rings. The molecule has 7 heteroatoms. The lowest BCUT2D eigenvalue weighted by Gasteiger charge is -2.36. The van der Waals surface area contributed by atoms with Gasteiger partial charge in [0.2, 0.25) is 11.8 Å². The summed E-state index contributed by atoms with van der Waals surface area (Å²) in [5, 5.41) is 0. The molecule has 0 radical (unpaired) electrons. The third-order valence-electron chi connectivity index (χ3n) is 5.42. The van der Waals surface area contributed by atoms with Crippen molar-refractivity contribution in [3.05, 3.63) is 48.7 Å². The van der Waals surface area contributed by atoms with Gasteiger partial charge >= 0.3 is 0 Å². The van der Waals surface area contributed by atoms with Crippen molar-refractivity contribution in [3.63, 3.8) is 0 Å². The Morgan fingerprint density at radius 2 is 1.82 bits per heavy atom. The maximum Gasteiger partial charge on any atom is 0.228 e. The molecule has 0 unspecified atom stereocenters. The molecule has 0 N–H and O–H groups in total. The second-order valence-electron chi connectivity index (χ2n) is 7.10. The van der Waals surface area contributed by atoms with Crippen LogP contribution in [-0.2, 0) is 9.59 Å². The van der Waals surface area contributed by atoms with Crippen LogP contribution in [0.1, 0.15) is 6.42 Å². The molecule has 2 aromatic rings. The van der Waals surface area contributed by atoms with Gasteiger partial charge in [0.15, 0.2) is 0 Å². The molecule has 1 aromatic carbocycles. The van der Waals surface area contributed by atoms with Gasteiger partial charge in [-0.3, -0.25) is 9.59 Å². The lowest BCUT2D eigenvalue weighted by Crippen LogP contribution is -2.51. The Labute approximate surface area is 164 Å². The van der Waals surface area contributed by atoms with Crippen LogP contribution < -0.4 is 14.5 Å². The third-order valence-corrected chi connectivity index (χ3v) is 5.42. The number of methoxy groups -OCH3 is 1. The van der Waals surface area contributed by atoms with Gasteiger partial charge in [0.05, 0.1) is 13.0 Å². The number of pyridine rings is 1. The van der Waals surface area contributed by atoms with Crippen molar-refractivity contribution in [2.45, 2.75) is 6.42 Å². The predicted molar refractivity (Wildman–Crippen MR) is 106 cm³/mol. The number of ether oxygens (including phenoxy) is 1. The topological polar surface area (TPSA) is 66.0 Å². The molecule has 0 aliphatic carbocycles. The third kappa shape index (κ3) is 3.65. The molecule has 2 aliphatic heterocycles. The molecule has 2 fully saturated rings. The van der Waals surface area contributed by atoms with Crippen molar-refractivity contribution in [1.82, 2.24) is 9.88 Å². The van der Waals surface area contributed by atoms with Crippen LogP contribution in [0.25, 0.3) is 0 Å². The highest BCUT2D eigenvalue weighted by atomic mass is 16.5. The molecule has 2 amide bonds. The number of aromatic nitrogens is 1. The van der Waals surface area contributed by atoms with E-state index in [0.717, 1.165) is 30.3 Å². The molecule has 146 valence electrons. The summed E-state index contributed by atoms with van der Waals surface area (Å²) in [5.74, 6) is 1.47. The molecule has 1 atom stereocenters. The zero-order valence-corrected chi connectivity index (χ0v) is 16.0. The first-order valence-electron chi connectivity index (χ1n) is 9.55. The lowest BCUT2D eigenvalue weighted by atomic mass is 10.1. The Kier molecular flexibility index (Phi) is 5.14. The monoisotopic (exact) mass is 380 g/mol. The van der Waals surface area contributed by atoms with Gasteiger partial charge < -0.3 is 19.4 Å². The SMILES string of the molecule is COc1ccc(N2C[C@@H](C(=O)N3CCN(c4ccccn4)CC3)CC2=O)cc1. The minimum absolute atomic E-state index is 0.00404. The summed E-state index contributed by atoms with van der Waals surface area (Å²) in [4.78, 5) is 35.6. The quantitative estimate of drug-likeness (QED) is 0.809. The molecular weight excluding hydrogens is 356 g/mol. The highest BCUT2D eigenvalue weighted by molar-refractivity contribution is 6.00. The van der Waals surface area contributed by atoms with Crippen LogP contribution in [0.15, 0.2) is 48.7 Å². The van der Waals surface area contributed by atoms with E-state index in [-0.39, 0.29) is 24.2 Å². The van der Waals surface area contributed by atoms with E-state index in [2.05, 4.69) is 9.88 Å². The van der Waals surface area contributed by atoms with Crippen molar-refractivity contribution in [3.8, 4) is 5.75 Å². The number of nitrogens with zero attached hydrogens (tertiary/aromatic N) is 4. The van der Waals surface area contributed by atoms with Crippen LogP contribution >= 0.6 is 0 Å². The zero-order chi connectivity index (χ0) is 19.5. The van der Waals surface area contributed by atoms with Gasteiger partial charge in [-0.15, -0.1) is 0 Å². The van der Waals surface area contributed by atoms with Crippen LogP contribution in [0.3, 0.4) is 0 Å². The number of amides is 2. The van der Waals surface area contributed by atoms with E-state index in [1.165, 1.54) is 0 Å². The summed E-state index contributed by atoms with van der Waals surface area (Å²) < 4.78 is 5.17. The summed E-state index contributed by atoms with van der Waals surface area (Å²) in [6.07, 6.45) is 2.05. The Hall–Kier alpha value is -3.09. The summed E-state index contributed by atoms with van der Waals surface area (Å²) in [6.45, 7) is 3.26. The number of piperazine rings is 1. The van der Waals surface area contributed by atoms with Crippen LogP contribution in [0.4, 0.5) is 11.5 Å². The van der Waals surface area contributed by atoms with Crippen LogP contribution in [0, 0.1) is 5.92 Å². The second-order valence-corrected chi connectivity index (χ2v) is 7.10. The van der Waals surface area contributed by atoms with Gasteiger partial charge in [-0.2, -0.15) is 0 Å². The van der Waals surface area contributed by atoms with Crippen LogP contribution in [0.5, 0.6) is 5.75 Å². The Balaban J connectivity index is 1.36. The highest BCUT2D eigenvalue weighted by Gasteiger charge is 2.38. The molecule has 0 saturated carbocycles. The maximum absolute atomic E-state index is 13.0. The smallest absolute Gasteiger partial charge is 0.228 e. The average molecular weight is 380 g/mol. The Morgan fingerprint density at radius 1 is 1.07 bits per heavy atom. The van der Waals surface area contributed by atoms with E-state index in [1.807, 2.05) is 47.4 Å². The molecule has 3 heterocycles. The molecule has 28 heavy (non-hydrogen) atoms. The summed E-state index contributed by atoms with van der Waals surface area (Å²) in [7, 11) is 1.61. The molecule has 0 spiro atoms. The average Bonchev–Trinajstić information content (AvgIpc) is 3.15. The number of rotatable bonds is 4. The predicted octanol–water partition coefficient (Wildman–Crippen LogP) is 1.79. The van der Waals surface area contributed by atoms with Crippen molar-refractivity contribution in [1.29, 1.82) is 0 Å². The van der Waals surface area contributed by atoms with Gasteiger partial charge in [-0.05, 0) is 36.4 Å². The number of benzene rings is 1. The minimum atomic E-state index is -0.281. The van der Waals surface area contributed by atoms with Crippen LogP contribution in [-0.4, -0.2) is 61.5 Å². The molecule has 0 bridgehead atoms.